The first-order chi connectivity index (χ1) is 14.1. The second-order valence-corrected chi connectivity index (χ2v) is 9.45. The van der Waals surface area contributed by atoms with Crippen molar-refractivity contribution in [2.75, 3.05) is 14.1 Å². The van der Waals surface area contributed by atoms with Gasteiger partial charge in [-0.3, -0.25) is 0 Å². The maximum absolute atomic E-state index is 7.22. The Labute approximate surface area is 177 Å². The molecule has 0 saturated carbocycles. The zero-order valence-electron chi connectivity index (χ0n) is 18.3. The number of rotatable bonds is 6. The van der Waals surface area contributed by atoms with E-state index in [2.05, 4.69) is 86.6 Å². The van der Waals surface area contributed by atoms with Gasteiger partial charge in [-0.1, -0.05) is 99.2 Å². The van der Waals surface area contributed by atoms with Gasteiger partial charge in [0.05, 0.1) is 6.10 Å². The average Bonchev–Trinajstić information content (AvgIpc) is 3.01. The van der Waals surface area contributed by atoms with Gasteiger partial charge < -0.3 is 9.55 Å². The molecule has 0 N–H and O–H groups in total. The number of likely N-dealkylation sites (N-methyl/N-ethyl adjacent to an activating group) is 1. The molecule has 2 aliphatic rings. The van der Waals surface area contributed by atoms with Crippen LogP contribution in [0.25, 0.3) is 0 Å². The summed E-state index contributed by atoms with van der Waals surface area (Å²) in [7, 11) is 4.34. The lowest BCUT2D eigenvalue weighted by molar-refractivity contribution is 0.0994. The van der Waals surface area contributed by atoms with Crippen molar-refractivity contribution in [1.29, 1.82) is 0 Å². The lowest BCUT2D eigenvalue weighted by Gasteiger charge is -2.37. The number of nitrogens with zero attached hydrogens (tertiary/aromatic N) is 1. The van der Waals surface area contributed by atoms with E-state index in [1.807, 2.05) is 0 Å². The molecule has 154 valence electrons. The van der Waals surface area contributed by atoms with E-state index in [1.54, 1.807) is 0 Å². The highest BCUT2D eigenvalue weighted by Crippen LogP contribution is 2.49. The number of hydrogen-bond acceptors (Lipinski definition) is 2. The third-order valence-corrected chi connectivity index (χ3v) is 7.50. The summed E-state index contributed by atoms with van der Waals surface area (Å²) in [6.45, 7) is 2.61. The van der Waals surface area contributed by atoms with Crippen molar-refractivity contribution in [3.63, 3.8) is 0 Å². The molecule has 2 unspecified atom stereocenters. The van der Waals surface area contributed by atoms with Crippen LogP contribution in [-0.4, -0.2) is 32.0 Å². The predicted molar refractivity (Wildman–Crippen MR) is 123 cm³/mol. The van der Waals surface area contributed by atoms with Gasteiger partial charge in [0.2, 0.25) is 0 Å². The van der Waals surface area contributed by atoms with Gasteiger partial charge in [-0.2, -0.15) is 0 Å². The smallest absolute Gasteiger partial charge is 0.304 e. The minimum absolute atomic E-state index is 0.0989. The van der Waals surface area contributed by atoms with Crippen LogP contribution >= 0.6 is 0 Å². The Bertz CT molecular complexity index is 740. The monoisotopic (exact) mass is 389 g/mol. The second-order valence-electron chi connectivity index (χ2n) is 9.45. The Balaban J connectivity index is 1.71. The number of hydrogen-bond donors (Lipinski definition) is 0. The van der Waals surface area contributed by atoms with Crippen LogP contribution in [0.4, 0.5) is 0 Å². The first kappa shape index (κ1) is 20.7. The minimum atomic E-state index is 0.0989. The minimum Gasteiger partial charge on any atom is -0.427 e. The lowest BCUT2D eigenvalue weighted by atomic mass is 9.43. The van der Waals surface area contributed by atoms with Crippen molar-refractivity contribution in [1.82, 2.24) is 4.90 Å². The van der Waals surface area contributed by atoms with Gasteiger partial charge in [0.15, 0.2) is 0 Å². The van der Waals surface area contributed by atoms with Gasteiger partial charge in [-0.05, 0) is 49.7 Å². The van der Waals surface area contributed by atoms with E-state index in [0.29, 0.717) is 24.6 Å². The molecule has 2 aromatic rings. The quantitative estimate of drug-likeness (QED) is 0.533. The Morgan fingerprint density at radius 3 is 2.03 bits per heavy atom. The van der Waals surface area contributed by atoms with Gasteiger partial charge in [0.25, 0.3) is 0 Å². The summed E-state index contributed by atoms with van der Waals surface area (Å²) in [5.74, 6) is 1.95. The molecule has 2 aromatic carbocycles. The largest absolute Gasteiger partial charge is 0.427 e. The number of fused-ring (bicyclic) bond motifs is 3. The fraction of sp³-hybridized carbons (Fsp3) is 0.538. The molecule has 4 rings (SSSR count). The molecule has 3 atom stereocenters. The van der Waals surface area contributed by atoms with Crippen molar-refractivity contribution in [3.8, 4) is 0 Å². The summed E-state index contributed by atoms with van der Waals surface area (Å²) in [4.78, 5) is 2.30. The molecule has 0 radical (unpaired) electrons. The van der Waals surface area contributed by atoms with Crippen LogP contribution in [0.2, 0.25) is 5.82 Å². The molecule has 0 amide bonds. The van der Waals surface area contributed by atoms with Crippen molar-refractivity contribution >= 4 is 6.92 Å². The van der Waals surface area contributed by atoms with Crippen LogP contribution in [0.3, 0.4) is 0 Å². The zero-order valence-corrected chi connectivity index (χ0v) is 18.3. The fourth-order valence-electron chi connectivity index (χ4n) is 5.71. The zero-order chi connectivity index (χ0) is 20.2. The predicted octanol–water partition coefficient (Wildman–Crippen LogP) is 6.36. The normalized spacial score (nSPS) is 26.8. The highest BCUT2D eigenvalue weighted by molar-refractivity contribution is 6.55. The van der Waals surface area contributed by atoms with Crippen LogP contribution < -0.4 is 0 Å². The molecule has 0 aliphatic carbocycles. The molecule has 2 heterocycles. The third-order valence-electron chi connectivity index (χ3n) is 7.50. The van der Waals surface area contributed by atoms with Crippen molar-refractivity contribution in [3.05, 3.63) is 71.8 Å². The summed E-state index contributed by atoms with van der Waals surface area (Å²) < 4.78 is 7.22. The molecular weight excluding hydrogens is 353 g/mol. The van der Waals surface area contributed by atoms with Crippen molar-refractivity contribution in [2.24, 2.45) is 5.92 Å². The molecular formula is C26H36BNO. The van der Waals surface area contributed by atoms with E-state index in [4.69, 9.17) is 4.65 Å². The molecule has 2 fully saturated rings. The topological polar surface area (TPSA) is 12.5 Å². The summed E-state index contributed by atoms with van der Waals surface area (Å²) in [6, 6.07) is 22.4. The molecule has 0 spiro atoms. The van der Waals surface area contributed by atoms with E-state index in [0.717, 1.165) is 5.92 Å². The molecule has 29 heavy (non-hydrogen) atoms. The van der Waals surface area contributed by atoms with Gasteiger partial charge in [-0.25, -0.2) is 0 Å². The van der Waals surface area contributed by atoms with E-state index < -0.39 is 0 Å². The van der Waals surface area contributed by atoms with Gasteiger partial charge >= 0.3 is 6.92 Å². The summed E-state index contributed by atoms with van der Waals surface area (Å²) >= 11 is 0. The fourth-order valence-corrected chi connectivity index (χ4v) is 5.71. The van der Waals surface area contributed by atoms with Crippen molar-refractivity contribution < 1.29 is 4.65 Å². The van der Waals surface area contributed by atoms with Crippen LogP contribution in [-0.2, 0) is 4.65 Å². The average molecular weight is 389 g/mol. The van der Waals surface area contributed by atoms with E-state index in [-0.39, 0.29) is 6.10 Å². The molecule has 0 aromatic heterocycles. The first-order valence-corrected chi connectivity index (χ1v) is 11.6. The lowest BCUT2D eigenvalue weighted by Crippen LogP contribution is -2.41. The van der Waals surface area contributed by atoms with Gasteiger partial charge in [0, 0.05) is 6.04 Å². The molecule has 2 saturated heterocycles. The van der Waals surface area contributed by atoms with Gasteiger partial charge in [-0.15, -0.1) is 0 Å². The number of benzene rings is 2. The standard InChI is InChI=1S/C26H36BNO/c1-20(28(2)3)26(23-14-8-5-9-15-23)29-27-24-18-10-16-22(17-11-19-24)25(27)21-12-6-4-7-13-21/h4-9,12-15,20,22,24-26H,10-11,16-19H2,1-3H3/t20-,22?,24?,25?,26?/m0/s1. The van der Waals surface area contributed by atoms with Gasteiger partial charge in [0.1, 0.15) is 0 Å². The van der Waals surface area contributed by atoms with E-state index >= 15 is 0 Å². The van der Waals surface area contributed by atoms with Crippen LogP contribution in [0.5, 0.6) is 0 Å². The first-order valence-electron chi connectivity index (χ1n) is 11.6. The molecule has 2 aliphatic heterocycles. The summed E-state index contributed by atoms with van der Waals surface area (Å²) in [5.41, 5.74) is 2.79. The Morgan fingerprint density at radius 2 is 1.45 bits per heavy atom. The van der Waals surface area contributed by atoms with Crippen LogP contribution in [0, 0.1) is 5.92 Å². The molecule has 2 nitrogen and oxygen atoms in total. The maximum Gasteiger partial charge on any atom is 0.304 e. The van der Waals surface area contributed by atoms with Crippen LogP contribution in [0.15, 0.2) is 60.7 Å². The molecule has 2 bridgehead atoms. The van der Waals surface area contributed by atoms with E-state index in [1.165, 1.54) is 49.7 Å². The van der Waals surface area contributed by atoms with Crippen LogP contribution in [0.1, 0.15) is 68.5 Å². The maximum atomic E-state index is 7.22. The van der Waals surface area contributed by atoms with E-state index in [9.17, 15) is 0 Å². The SMILES string of the molecule is C[C@@H](C(OB1C2CCCC(CCC2)C1c1ccccc1)c1ccccc1)N(C)C. The Morgan fingerprint density at radius 1 is 0.862 bits per heavy atom. The third kappa shape index (κ3) is 4.62. The highest BCUT2D eigenvalue weighted by atomic mass is 16.4. The summed E-state index contributed by atoms with van der Waals surface area (Å²) in [5, 5.41) is 0. The summed E-state index contributed by atoms with van der Waals surface area (Å²) in [6.07, 6.45) is 8.17. The Hall–Kier alpha value is -1.58. The Kier molecular flexibility index (Phi) is 6.77. The molecule has 3 heteroatoms. The van der Waals surface area contributed by atoms with Crippen molar-refractivity contribution in [2.45, 2.75) is 69.2 Å². The second kappa shape index (κ2) is 9.49. The highest BCUT2D eigenvalue weighted by Gasteiger charge is 2.46.